The average Bonchev–Trinajstić information content (AvgIpc) is 3.69. The first-order valence-electron chi connectivity index (χ1n) is 21.1. The molecule has 0 bridgehead atoms. The van der Waals surface area contributed by atoms with Gasteiger partial charge in [0.25, 0.3) is 0 Å². The number of anilines is 1. The highest BCUT2D eigenvalue weighted by molar-refractivity contribution is 6.90. The Bertz CT molecular complexity index is 2240. The Hall–Kier alpha value is -4.12. The smallest absolute Gasteiger partial charge is 0.319 e. The quantitative estimate of drug-likeness (QED) is 0.0835. The first-order valence-corrected chi connectivity index (χ1v) is 23.3. The number of nitrogens with zero attached hydrogens (tertiary/aromatic N) is 5. The fraction of sp³-hybridized carbons (Fsp3) is 0.578. The van der Waals surface area contributed by atoms with Crippen LogP contribution in [0, 0.1) is 23.1 Å². The summed E-state index contributed by atoms with van der Waals surface area (Å²) >= 11 is 0. The van der Waals surface area contributed by atoms with E-state index >= 15 is 8.78 Å². The number of hydrogen-bond donors (Lipinski definition) is 0. The second-order valence-electron chi connectivity index (χ2n) is 17.7. The van der Waals surface area contributed by atoms with E-state index in [0.717, 1.165) is 38.6 Å². The van der Waals surface area contributed by atoms with Crippen LogP contribution in [-0.2, 0) is 4.74 Å². The third-order valence-corrected chi connectivity index (χ3v) is 19.7. The van der Waals surface area contributed by atoms with Gasteiger partial charge in [-0.1, -0.05) is 53.5 Å². The summed E-state index contributed by atoms with van der Waals surface area (Å²) in [7, 11) is -0.784. The normalized spacial score (nSPS) is 21.3. The maximum absolute atomic E-state index is 17.8. The van der Waals surface area contributed by atoms with Crippen molar-refractivity contribution in [1.82, 2.24) is 19.9 Å². The fourth-order valence-electron chi connectivity index (χ4n) is 10.4. The van der Waals surface area contributed by atoms with Crippen molar-refractivity contribution in [2.75, 3.05) is 51.7 Å². The van der Waals surface area contributed by atoms with Crippen molar-refractivity contribution in [3.8, 4) is 40.4 Å². The third kappa shape index (κ3) is 7.06. The number of fused-ring (bicyclic) bond motifs is 2. The van der Waals surface area contributed by atoms with Crippen LogP contribution < -0.4 is 19.1 Å². The number of alkyl halides is 1. The first-order chi connectivity index (χ1) is 27.9. The van der Waals surface area contributed by atoms with Crippen LogP contribution in [0.2, 0.25) is 16.6 Å². The molecule has 2 atom stereocenters. The van der Waals surface area contributed by atoms with E-state index in [0.29, 0.717) is 82.5 Å². The van der Waals surface area contributed by atoms with Crippen molar-refractivity contribution in [2.45, 2.75) is 121 Å². The summed E-state index contributed by atoms with van der Waals surface area (Å²) < 4.78 is 72.9. The van der Waals surface area contributed by atoms with Crippen LogP contribution in [0.25, 0.3) is 32.9 Å². The molecule has 13 heteroatoms. The molecular weight excluding hydrogens is 760 g/mol. The highest BCUT2D eigenvalue weighted by Gasteiger charge is 2.49. The Morgan fingerprint density at radius 3 is 2.43 bits per heavy atom. The lowest BCUT2D eigenvalue weighted by molar-refractivity contribution is 0.0512. The van der Waals surface area contributed by atoms with E-state index in [1.54, 1.807) is 18.2 Å². The molecule has 0 radical (unpaired) electrons. The Labute approximate surface area is 341 Å². The zero-order valence-corrected chi connectivity index (χ0v) is 35.9. The van der Waals surface area contributed by atoms with Crippen LogP contribution in [0.1, 0.15) is 92.1 Å². The van der Waals surface area contributed by atoms with Crippen LogP contribution in [0.3, 0.4) is 0 Å². The Morgan fingerprint density at radius 1 is 0.948 bits per heavy atom. The molecule has 0 unspecified atom stereocenters. The van der Waals surface area contributed by atoms with Crippen LogP contribution in [0.15, 0.2) is 24.3 Å². The van der Waals surface area contributed by atoms with Crippen molar-refractivity contribution in [1.29, 1.82) is 0 Å². The van der Waals surface area contributed by atoms with E-state index < -0.39 is 31.4 Å². The zero-order valence-electron chi connectivity index (χ0n) is 34.9. The maximum Gasteiger partial charge on any atom is 0.319 e. The fourth-order valence-corrected chi connectivity index (χ4v) is 15.6. The van der Waals surface area contributed by atoms with Gasteiger partial charge in [0.2, 0.25) is 5.88 Å². The van der Waals surface area contributed by atoms with Gasteiger partial charge in [-0.05, 0) is 85.3 Å². The van der Waals surface area contributed by atoms with Gasteiger partial charge in [-0.25, -0.2) is 18.2 Å². The monoisotopic (exact) mass is 815 g/mol. The van der Waals surface area contributed by atoms with Gasteiger partial charge in [-0.2, -0.15) is 9.97 Å². The summed E-state index contributed by atoms with van der Waals surface area (Å²) in [5.74, 6) is 3.23. The Kier molecular flexibility index (Phi) is 11.3. The molecule has 2 saturated heterocycles. The van der Waals surface area contributed by atoms with Gasteiger partial charge in [0.1, 0.15) is 54.8 Å². The Balaban J connectivity index is 1.36. The molecule has 5 heterocycles. The van der Waals surface area contributed by atoms with Crippen molar-refractivity contribution in [2.24, 2.45) is 0 Å². The van der Waals surface area contributed by atoms with Crippen LogP contribution in [-0.4, -0.2) is 92.4 Å². The molecule has 4 aliphatic rings. The van der Waals surface area contributed by atoms with Gasteiger partial charge >= 0.3 is 6.01 Å². The topological polar surface area (TPSA) is 82.1 Å². The van der Waals surface area contributed by atoms with Crippen molar-refractivity contribution in [3.05, 3.63) is 41.5 Å². The van der Waals surface area contributed by atoms with E-state index in [1.807, 2.05) is 0 Å². The number of halogens is 3. The summed E-state index contributed by atoms with van der Waals surface area (Å²) in [6.45, 7) is 15.6. The maximum atomic E-state index is 17.8. The third-order valence-electron chi connectivity index (χ3n) is 13.4. The van der Waals surface area contributed by atoms with E-state index in [-0.39, 0.29) is 48.1 Å². The minimum atomic E-state index is -2.31. The predicted molar refractivity (Wildman–Crippen MR) is 224 cm³/mol. The Morgan fingerprint density at radius 2 is 1.72 bits per heavy atom. The summed E-state index contributed by atoms with van der Waals surface area (Å²) in [5, 5.41) is 1.40. The van der Waals surface area contributed by atoms with Crippen molar-refractivity contribution in [3.63, 3.8) is 0 Å². The zero-order chi connectivity index (χ0) is 40.9. The molecule has 2 aromatic heterocycles. The number of benzene rings is 2. The SMILES string of the molecule is COCOc1cc(-c2nc3c4c(nc(OC[C@@]56CCCN5C[C@H](F)C6)nc4c2F)N(C2CCC2)CCCO3)c2c(C#C[Si](C(C)C)(C(C)C)C(C)C)c(F)ccc2c1. The lowest BCUT2D eigenvalue weighted by Crippen LogP contribution is -2.44. The van der Waals surface area contributed by atoms with Gasteiger partial charge in [0.15, 0.2) is 12.6 Å². The number of aromatic nitrogens is 3. The van der Waals surface area contributed by atoms with Crippen LogP contribution >= 0.6 is 0 Å². The highest BCUT2D eigenvalue weighted by Crippen LogP contribution is 2.46. The van der Waals surface area contributed by atoms with E-state index in [9.17, 15) is 4.39 Å². The number of methoxy groups -OCH3 is 1. The van der Waals surface area contributed by atoms with Crippen LogP contribution in [0.4, 0.5) is 19.0 Å². The highest BCUT2D eigenvalue weighted by atomic mass is 28.3. The molecule has 0 amide bonds. The molecule has 310 valence electrons. The molecule has 0 N–H and O–H groups in total. The van der Waals surface area contributed by atoms with Crippen molar-refractivity contribution < 1.29 is 32.1 Å². The van der Waals surface area contributed by atoms with Gasteiger partial charge in [0.05, 0.1) is 17.7 Å². The van der Waals surface area contributed by atoms with Gasteiger partial charge in [-0.15, -0.1) is 5.54 Å². The number of ether oxygens (including phenoxy) is 4. The second kappa shape index (κ2) is 16.1. The summed E-state index contributed by atoms with van der Waals surface area (Å²) in [4.78, 5) is 19.1. The van der Waals surface area contributed by atoms with Gasteiger partial charge in [0, 0.05) is 43.6 Å². The molecule has 2 aromatic carbocycles. The predicted octanol–water partition coefficient (Wildman–Crippen LogP) is 9.77. The molecule has 3 aliphatic heterocycles. The van der Waals surface area contributed by atoms with Crippen molar-refractivity contribution >= 4 is 35.6 Å². The molecule has 1 saturated carbocycles. The lowest BCUT2D eigenvalue weighted by Gasteiger charge is -2.39. The number of pyridine rings is 1. The van der Waals surface area contributed by atoms with E-state index in [1.165, 1.54) is 13.2 Å². The standard InChI is InChI=1S/C45H56F3N5O4Si/c1-27(2)58(28(3)4,29(5)6)20-15-34-36(47)14-13-30-21-33(57-26-54-7)22-35(37(30)34)40-39(48)41-38-42(53(32-11-8-12-32)18-10-19-55-43(38)49-40)51-44(50-41)56-25-45-16-9-17-52(45)24-31(46)23-45/h13-14,21-22,27-29,31-32H,8-12,16-19,23-26H2,1-7H3/t31-,45+/m1/s1. The minimum Gasteiger partial charge on any atom is -0.477 e. The number of rotatable bonds is 11. The molecule has 3 fully saturated rings. The van der Waals surface area contributed by atoms with Crippen LogP contribution in [0.5, 0.6) is 17.6 Å². The average molecular weight is 816 g/mol. The molecule has 1 aliphatic carbocycles. The van der Waals surface area contributed by atoms with Gasteiger partial charge < -0.3 is 23.8 Å². The first kappa shape index (κ1) is 40.6. The molecule has 8 rings (SSSR count). The molecule has 4 aromatic rings. The molecular formula is C45H56F3N5O4Si. The minimum absolute atomic E-state index is 0.00644. The summed E-state index contributed by atoms with van der Waals surface area (Å²) in [6.07, 6.45) is 5.02. The number of hydrogen-bond acceptors (Lipinski definition) is 9. The molecule has 9 nitrogen and oxygen atoms in total. The lowest BCUT2D eigenvalue weighted by atomic mass is 9.91. The van der Waals surface area contributed by atoms with E-state index in [2.05, 4.69) is 62.8 Å². The largest absolute Gasteiger partial charge is 0.477 e. The van der Waals surface area contributed by atoms with E-state index in [4.69, 9.17) is 33.9 Å². The second-order valence-corrected chi connectivity index (χ2v) is 23.2. The molecule has 0 spiro atoms. The molecule has 58 heavy (non-hydrogen) atoms. The van der Waals surface area contributed by atoms with Gasteiger partial charge in [-0.3, -0.25) is 4.90 Å². The summed E-state index contributed by atoms with van der Waals surface area (Å²) in [5.41, 5.74) is 4.58. The summed E-state index contributed by atoms with van der Waals surface area (Å²) in [6, 6.07) is 6.77.